The molecule has 2 fully saturated rings. The van der Waals surface area contributed by atoms with Gasteiger partial charge >= 0.3 is 6.03 Å². The summed E-state index contributed by atoms with van der Waals surface area (Å²) in [6.45, 7) is 4.86. The molecular weight excluding hydrogens is 380 g/mol. The van der Waals surface area contributed by atoms with Gasteiger partial charge in [-0.2, -0.15) is 0 Å². The Morgan fingerprint density at radius 1 is 0.871 bits per heavy atom. The summed E-state index contributed by atoms with van der Waals surface area (Å²) in [5.74, 6) is 0.619. The summed E-state index contributed by atoms with van der Waals surface area (Å²) in [5.41, 5.74) is 4.43. The Labute approximate surface area is 188 Å². The van der Waals surface area contributed by atoms with Crippen LogP contribution < -0.4 is 5.32 Å². The fourth-order valence-corrected chi connectivity index (χ4v) is 6.09. The molecule has 0 atom stereocenters. The molecule has 2 aromatic carbocycles. The molecule has 2 saturated carbocycles. The number of benzene rings is 2. The van der Waals surface area contributed by atoms with Crippen molar-refractivity contribution in [3.63, 3.8) is 0 Å². The average molecular weight is 419 g/mol. The molecule has 3 heteroatoms. The number of aryl methyl sites for hydroxylation is 2. The number of nitrogens with one attached hydrogen (secondary N) is 1. The summed E-state index contributed by atoms with van der Waals surface area (Å²) < 4.78 is 0. The first-order valence-corrected chi connectivity index (χ1v) is 12.3. The molecule has 2 aliphatic carbocycles. The molecule has 3 nitrogen and oxygen atoms in total. The summed E-state index contributed by atoms with van der Waals surface area (Å²) in [6, 6.07) is 16.9. The lowest BCUT2D eigenvalue weighted by Gasteiger charge is -2.52. The Balaban J connectivity index is 1.70. The summed E-state index contributed by atoms with van der Waals surface area (Å²) in [5, 5.41) is 3.35. The van der Waals surface area contributed by atoms with E-state index in [1.165, 1.54) is 56.9 Å². The standard InChI is InChI=1S/C28H38N2O/c1-22-13-12-14-23(2)26(22)29-27(31)30(21-24-15-6-3-7-16-24)28(19-10-5-11-20-28)25-17-8-4-9-18-25/h3,6-7,12-16,25H,4-5,8-11,17-21H2,1-2H3,(H,29,31). The van der Waals surface area contributed by atoms with E-state index in [9.17, 15) is 4.79 Å². The number of rotatable bonds is 5. The molecule has 0 unspecified atom stereocenters. The lowest BCUT2D eigenvalue weighted by molar-refractivity contribution is 0.0111. The molecular formula is C28H38N2O. The molecule has 2 aromatic rings. The maximum absolute atomic E-state index is 14.0. The van der Waals surface area contributed by atoms with Crippen LogP contribution in [0.15, 0.2) is 48.5 Å². The first-order chi connectivity index (χ1) is 15.1. The third-order valence-corrected chi connectivity index (χ3v) is 7.76. The summed E-state index contributed by atoms with van der Waals surface area (Å²) in [7, 11) is 0. The number of nitrogens with zero attached hydrogens (tertiary/aromatic N) is 1. The highest BCUT2D eigenvalue weighted by atomic mass is 16.2. The highest BCUT2D eigenvalue weighted by molar-refractivity contribution is 5.91. The molecule has 31 heavy (non-hydrogen) atoms. The van der Waals surface area contributed by atoms with Gasteiger partial charge in [0.25, 0.3) is 0 Å². The van der Waals surface area contributed by atoms with Gasteiger partial charge in [0.2, 0.25) is 0 Å². The van der Waals surface area contributed by atoms with Gasteiger partial charge in [0, 0.05) is 17.8 Å². The number of para-hydroxylation sites is 1. The van der Waals surface area contributed by atoms with Gasteiger partial charge in [-0.1, -0.05) is 87.1 Å². The van der Waals surface area contributed by atoms with E-state index in [2.05, 4.69) is 72.6 Å². The lowest BCUT2D eigenvalue weighted by Crippen LogP contribution is -2.58. The molecule has 0 heterocycles. The van der Waals surface area contributed by atoms with Crippen molar-refractivity contribution >= 4 is 11.7 Å². The van der Waals surface area contributed by atoms with Crippen molar-refractivity contribution in [2.45, 2.75) is 90.1 Å². The largest absolute Gasteiger partial charge is 0.322 e. The van der Waals surface area contributed by atoms with Crippen LogP contribution in [0.1, 0.15) is 80.9 Å². The SMILES string of the molecule is Cc1cccc(C)c1NC(=O)N(Cc1ccccc1)C1(C2CCCCC2)CCCCC1. The zero-order valence-electron chi connectivity index (χ0n) is 19.3. The molecule has 0 radical (unpaired) electrons. The fraction of sp³-hybridized carbons (Fsp3) is 0.536. The van der Waals surface area contributed by atoms with E-state index in [0.29, 0.717) is 12.5 Å². The van der Waals surface area contributed by atoms with E-state index in [1.807, 2.05) is 0 Å². The second-order valence-electron chi connectivity index (χ2n) is 9.77. The van der Waals surface area contributed by atoms with Crippen LogP contribution in [-0.2, 0) is 6.54 Å². The Morgan fingerprint density at radius 3 is 2.13 bits per heavy atom. The van der Waals surface area contributed by atoms with Crippen LogP contribution in [0.5, 0.6) is 0 Å². The smallest absolute Gasteiger partial charge is 0.314 e. The van der Waals surface area contributed by atoms with Crippen molar-refractivity contribution in [3.05, 3.63) is 65.2 Å². The molecule has 2 aliphatic rings. The van der Waals surface area contributed by atoms with Crippen molar-refractivity contribution in [2.75, 3.05) is 5.32 Å². The minimum absolute atomic E-state index is 0.0187. The van der Waals surface area contributed by atoms with Gasteiger partial charge in [0.15, 0.2) is 0 Å². The van der Waals surface area contributed by atoms with Gasteiger partial charge < -0.3 is 10.2 Å². The zero-order chi connectivity index (χ0) is 21.7. The predicted octanol–water partition coefficient (Wildman–Crippen LogP) is 7.62. The monoisotopic (exact) mass is 418 g/mol. The summed E-state index contributed by atoms with van der Waals surface area (Å²) >= 11 is 0. The van der Waals surface area contributed by atoms with E-state index in [1.54, 1.807) is 0 Å². The third kappa shape index (κ3) is 4.81. The van der Waals surface area contributed by atoms with Gasteiger partial charge in [0.1, 0.15) is 0 Å². The first-order valence-electron chi connectivity index (χ1n) is 12.3. The normalized spacial score (nSPS) is 19.0. The average Bonchev–Trinajstić information content (AvgIpc) is 2.81. The summed E-state index contributed by atoms with van der Waals surface area (Å²) in [4.78, 5) is 16.2. The maximum Gasteiger partial charge on any atom is 0.322 e. The number of carbonyl (C=O) groups excluding carboxylic acids is 1. The Morgan fingerprint density at radius 2 is 1.48 bits per heavy atom. The van der Waals surface area contributed by atoms with Gasteiger partial charge in [-0.05, 0) is 62.1 Å². The van der Waals surface area contributed by atoms with Crippen LogP contribution in [0.4, 0.5) is 10.5 Å². The Hall–Kier alpha value is -2.29. The van der Waals surface area contributed by atoms with Crippen molar-refractivity contribution < 1.29 is 4.79 Å². The zero-order valence-corrected chi connectivity index (χ0v) is 19.3. The van der Waals surface area contributed by atoms with E-state index in [-0.39, 0.29) is 11.6 Å². The topological polar surface area (TPSA) is 32.3 Å². The van der Waals surface area contributed by atoms with Crippen LogP contribution in [0.2, 0.25) is 0 Å². The van der Waals surface area contributed by atoms with Crippen LogP contribution in [-0.4, -0.2) is 16.5 Å². The summed E-state index contributed by atoms with van der Waals surface area (Å²) in [6.07, 6.45) is 12.6. The maximum atomic E-state index is 14.0. The second kappa shape index (κ2) is 9.89. The number of hydrogen-bond donors (Lipinski definition) is 1. The van der Waals surface area contributed by atoms with Crippen LogP contribution in [0, 0.1) is 19.8 Å². The van der Waals surface area contributed by atoms with E-state index < -0.39 is 0 Å². The van der Waals surface area contributed by atoms with Gasteiger partial charge in [-0.15, -0.1) is 0 Å². The number of anilines is 1. The van der Waals surface area contributed by atoms with E-state index in [0.717, 1.165) is 29.7 Å². The first kappa shape index (κ1) is 21.9. The van der Waals surface area contributed by atoms with Crippen LogP contribution >= 0.6 is 0 Å². The third-order valence-electron chi connectivity index (χ3n) is 7.76. The Bertz CT molecular complexity index is 844. The minimum atomic E-state index is -0.0187. The van der Waals surface area contributed by atoms with E-state index >= 15 is 0 Å². The number of hydrogen-bond acceptors (Lipinski definition) is 1. The second-order valence-corrected chi connectivity index (χ2v) is 9.77. The number of urea groups is 1. The van der Waals surface area contributed by atoms with Gasteiger partial charge in [-0.25, -0.2) is 4.79 Å². The molecule has 0 aromatic heterocycles. The van der Waals surface area contributed by atoms with Crippen LogP contribution in [0.25, 0.3) is 0 Å². The van der Waals surface area contributed by atoms with Gasteiger partial charge in [-0.3, -0.25) is 0 Å². The fourth-order valence-electron chi connectivity index (χ4n) is 6.09. The minimum Gasteiger partial charge on any atom is -0.314 e. The molecule has 0 bridgehead atoms. The molecule has 1 N–H and O–H groups in total. The number of carbonyl (C=O) groups is 1. The van der Waals surface area contributed by atoms with Crippen molar-refractivity contribution in [2.24, 2.45) is 5.92 Å². The molecule has 0 aliphatic heterocycles. The predicted molar refractivity (Wildman–Crippen MR) is 129 cm³/mol. The quantitative estimate of drug-likeness (QED) is 0.532. The molecule has 166 valence electrons. The van der Waals surface area contributed by atoms with Crippen molar-refractivity contribution in [1.29, 1.82) is 0 Å². The highest BCUT2D eigenvalue weighted by Gasteiger charge is 2.46. The van der Waals surface area contributed by atoms with Gasteiger partial charge in [0.05, 0.1) is 0 Å². The number of amides is 2. The molecule has 2 amide bonds. The van der Waals surface area contributed by atoms with Crippen LogP contribution in [0.3, 0.4) is 0 Å². The highest BCUT2D eigenvalue weighted by Crippen LogP contribution is 2.46. The Kier molecular flexibility index (Phi) is 6.99. The van der Waals surface area contributed by atoms with E-state index in [4.69, 9.17) is 0 Å². The lowest BCUT2D eigenvalue weighted by atomic mass is 9.66. The van der Waals surface area contributed by atoms with Crippen molar-refractivity contribution in [1.82, 2.24) is 4.90 Å². The molecule has 4 rings (SSSR count). The molecule has 0 saturated heterocycles. The van der Waals surface area contributed by atoms with Crippen molar-refractivity contribution in [3.8, 4) is 0 Å². The molecule has 0 spiro atoms.